The van der Waals surface area contributed by atoms with Crippen LogP contribution in [0.2, 0.25) is 0 Å². The molecule has 2 aromatic carbocycles. The SMILES string of the molecule is Fc1cccc(CC(Cl)c2cccc(Br)c2F)c1. The quantitative estimate of drug-likeness (QED) is 0.674. The first-order valence-electron chi connectivity index (χ1n) is 5.40. The van der Waals surface area contributed by atoms with Crippen molar-refractivity contribution >= 4 is 27.5 Å². The second kappa shape index (κ2) is 5.81. The van der Waals surface area contributed by atoms with Gasteiger partial charge in [0.15, 0.2) is 0 Å². The molecule has 0 spiro atoms. The Labute approximate surface area is 118 Å². The highest BCUT2D eigenvalue weighted by Gasteiger charge is 2.15. The Hall–Kier alpha value is -0.930. The third-order valence-corrected chi connectivity index (χ3v) is 3.62. The Balaban J connectivity index is 2.22. The van der Waals surface area contributed by atoms with Gasteiger partial charge >= 0.3 is 0 Å². The van der Waals surface area contributed by atoms with E-state index in [-0.39, 0.29) is 11.6 Å². The zero-order valence-corrected chi connectivity index (χ0v) is 11.7. The second-order valence-electron chi connectivity index (χ2n) is 3.94. The summed E-state index contributed by atoms with van der Waals surface area (Å²) in [4.78, 5) is 0. The number of alkyl halides is 1. The topological polar surface area (TPSA) is 0 Å². The molecule has 0 aliphatic heterocycles. The minimum absolute atomic E-state index is 0.314. The van der Waals surface area contributed by atoms with Gasteiger partial charge in [-0.15, -0.1) is 11.6 Å². The van der Waals surface area contributed by atoms with E-state index in [4.69, 9.17) is 11.6 Å². The van der Waals surface area contributed by atoms with Crippen LogP contribution in [-0.4, -0.2) is 0 Å². The molecular formula is C14H10BrClF2. The molecule has 4 heteroatoms. The fourth-order valence-electron chi connectivity index (χ4n) is 1.74. The highest BCUT2D eigenvalue weighted by atomic mass is 79.9. The standard InChI is InChI=1S/C14H10BrClF2/c15-12-6-2-5-11(14(12)18)13(16)8-9-3-1-4-10(17)7-9/h1-7,13H,8H2. The van der Waals surface area contributed by atoms with Crippen LogP contribution in [0, 0.1) is 11.6 Å². The summed E-state index contributed by atoms with van der Waals surface area (Å²) in [6.07, 6.45) is 0.382. The normalized spacial score (nSPS) is 12.4. The third-order valence-electron chi connectivity index (χ3n) is 2.62. The molecule has 0 saturated heterocycles. The monoisotopic (exact) mass is 330 g/mol. The first-order chi connectivity index (χ1) is 8.58. The number of halogens is 4. The second-order valence-corrected chi connectivity index (χ2v) is 5.33. The molecule has 18 heavy (non-hydrogen) atoms. The van der Waals surface area contributed by atoms with E-state index in [0.29, 0.717) is 16.5 Å². The molecule has 0 bridgehead atoms. The van der Waals surface area contributed by atoms with Gasteiger partial charge in [0.1, 0.15) is 11.6 Å². The van der Waals surface area contributed by atoms with Gasteiger partial charge in [-0.1, -0.05) is 24.3 Å². The van der Waals surface area contributed by atoms with Crippen molar-refractivity contribution in [1.82, 2.24) is 0 Å². The minimum Gasteiger partial charge on any atom is -0.207 e. The number of hydrogen-bond donors (Lipinski definition) is 0. The van der Waals surface area contributed by atoms with E-state index < -0.39 is 5.38 Å². The van der Waals surface area contributed by atoms with Crippen LogP contribution in [0.25, 0.3) is 0 Å². The third kappa shape index (κ3) is 3.09. The van der Waals surface area contributed by atoms with E-state index in [1.54, 1.807) is 30.3 Å². The smallest absolute Gasteiger partial charge is 0.142 e. The lowest BCUT2D eigenvalue weighted by Crippen LogP contribution is -2.00. The van der Waals surface area contributed by atoms with Crippen LogP contribution in [0.4, 0.5) is 8.78 Å². The van der Waals surface area contributed by atoms with Crippen molar-refractivity contribution < 1.29 is 8.78 Å². The van der Waals surface area contributed by atoms with Gasteiger partial charge < -0.3 is 0 Å². The molecule has 2 aromatic rings. The summed E-state index contributed by atoms with van der Waals surface area (Å²) in [7, 11) is 0. The Kier molecular flexibility index (Phi) is 4.36. The molecule has 1 unspecified atom stereocenters. The van der Waals surface area contributed by atoms with Gasteiger partial charge in [0.25, 0.3) is 0 Å². The number of rotatable bonds is 3. The fourth-order valence-corrected chi connectivity index (χ4v) is 2.47. The van der Waals surface area contributed by atoms with Gasteiger partial charge in [0.2, 0.25) is 0 Å². The number of benzene rings is 2. The molecule has 0 saturated carbocycles. The maximum Gasteiger partial charge on any atom is 0.142 e. The summed E-state index contributed by atoms with van der Waals surface area (Å²) < 4.78 is 27.2. The predicted molar refractivity (Wildman–Crippen MR) is 72.8 cm³/mol. The summed E-state index contributed by atoms with van der Waals surface area (Å²) in [6.45, 7) is 0. The summed E-state index contributed by atoms with van der Waals surface area (Å²) in [5.41, 5.74) is 1.16. The molecule has 0 nitrogen and oxygen atoms in total. The van der Waals surface area contributed by atoms with Crippen molar-refractivity contribution in [2.75, 3.05) is 0 Å². The molecule has 0 aliphatic rings. The molecule has 0 fully saturated rings. The van der Waals surface area contributed by atoms with Crippen molar-refractivity contribution in [3.8, 4) is 0 Å². The molecule has 0 amide bonds. The van der Waals surface area contributed by atoms with Gasteiger partial charge in [0, 0.05) is 5.56 Å². The summed E-state index contributed by atoms with van der Waals surface area (Å²) in [6, 6.07) is 11.1. The van der Waals surface area contributed by atoms with Gasteiger partial charge in [-0.25, -0.2) is 8.78 Å². The van der Waals surface area contributed by atoms with E-state index >= 15 is 0 Å². The molecule has 0 aromatic heterocycles. The molecule has 1 atom stereocenters. The van der Waals surface area contributed by atoms with Crippen LogP contribution in [0.15, 0.2) is 46.9 Å². The summed E-state index contributed by atoms with van der Waals surface area (Å²) >= 11 is 9.30. The van der Waals surface area contributed by atoms with Crippen LogP contribution >= 0.6 is 27.5 Å². The molecule has 2 rings (SSSR count). The highest BCUT2D eigenvalue weighted by Crippen LogP contribution is 2.30. The highest BCUT2D eigenvalue weighted by molar-refractivity contribution is 9.10. The Morgan fingerprint density at radius 2 is 1.83 bits per heavy atom. The van der Waals surface area contributed by atoms with Crippen LogP contribution in [0.3, 0.4) is 0 Å². The van der Waals surface area contributed by atoms with Gasteiger partial charge in [0.05, 0.1) is 9.85 Å². The molecule has 0 radical (unpaired) electrons. The van der Waals surface area contributed by atoms with Crippen molar-refractivity contribution in [2.45, 2.75) is 11.8 Å². The van der Waals surface area contributed by atoms with Crippen LogP contribution in [0.1, 0.15) is 16.5 Å². The largest absolute Gasteiger partial charge is 0.207 e. The van der Waals surface area contributed by atoms with E-state index in [1.165, 1.54) is 12.1 Å². The maximum atomic E-state index is 13.8. The number of hydrogen-bond acceptors (Lipinski definition) is 0. The van der Waals surface area contributed by atoms with Gasteiger partial charge in [-0.3, -0.25) is 0 Å². The molecule has 0 heterocycles. The first kappa shape index (κ1) is 13.5. The lowest BCUT2D eigenvalue weighted by atomic mass is 10.0. The van der Waals surface area contributed by atoms with Gasteiger partial charge in [-0.05, 0) is 46.1 Å². The molecule has 94 valence electrons. The van der Waals surface area contributed by atoms with E-state index in [0.717, 1.165) is 5.56 Å². The molecule has 0 aliphatic carbocycles. The average molecular weight is 332 g/mol. The van der Waals surface area contributed by atoms with E-state index in [9.17, 15) is 8.78 Å². The van der Waals surface area contributed by atoms with Crippen molar-refractivity contribution in [1.29, 1.82) is 0 Å². The predicted octanol–water partition coefficient (Wildman–Crippen LogP) is 5.25. The molecule has 0 N–H and O–H groups in total. The van der Waals surface area contributed by atoms with Gasteiger partial charge in [-0.2, -0.15) is 0 Å². The lowest BCUT2D eigenvalue weighted by Gasteiger charge is -2.12. The van der Waals surface area contributed by atoms with Crippen molar-refractivity contribution in [2.24, 2.45) is 0 Å². The summed E-state index contributed by atoms with van der Waals surface area (Å²) in [5, 5.41) is -0.524. The van der Waals surface area contributed by atoms with Crippen LogP contribution in [-0.2, 0) is 6.42 Å². The van der Waals surface area contributed by atoms with Crippen molar-refractivity contribution in [3.05, 3.63) is 69.7 Å². The first-order valence-corrected chi connectivity index (χ1v) is 6.63. The Morgan fingerprint density at radius 1 is 1.11 bits per heavy atom. The lowest BCUT2D eigenvalue weighted by molar-refractivity contribution is 0.598. The average Bonchev–Trinajstić information content (AvgIpc) is 2.32. The molecular weight excluding hydrogens is 322 g/mol. The zero-order valence-electron chi connectivity index (χ0n) is 9.34. The van der Waals surface area contributed by atoms with Crippen LogP contribution in [0.5, 0.6) is 0 Å². The van der Waals surface area contributed by atoms with Crippen molar-refractivity contribution in [3.63, 3.8) is 0 Å². The minimum atomic E-state index is -0.524. The zero-order chi connectivity index (χ0) is 13.1. The Bertz CT molecular complexity index is 557. The fraction of sp³-hybridized carbons (Fsp3) is 0.143. The maximum absolute atomic E-state index is 13.8. The van der Waals surface area contributed by atoms with E-state index in [2.05, 4.69) is 15.9 Å². The summed E-state index contributed by atoms with van der Waals surface area (Å²) in [5.74, 6) is -0.681. The Morgan fingerprint density at radius 3 is 2.56 bits per heavy atom. The van der Waals surface area contributed by atoms with E-state index in [1.807, 2.05) is 0 Å². The van der Waals surface area contributed by atoms with Crippen LogP contribution < -0.4 is 0 Å².